The van der Waals surface area contributed by atoms with Crippen LogP contribution in [-0.4, -0.2) is 27.9 Å². The number of nitrogens with one attached hydrogen (secondary N) is 2. The smallest absolute Gasteiger partial charge is 0.233 e. The standard InChI is InChI=1S/C20H21FN4OS2/c1-14(18(26)22-12-11-15-7-9-17(21)10-8-15)27-20-25-24-19(28-20)23-13-16-5-3-2-4-6-16/h2-10,14H,11-13H2,1H3,(H,22,26)(H,23,24)/t14-/m1/s1. The minimum absolute atomic E-state index is 0.0545. The van der Waals surface area contributed by atoms with Crippen LogP contribution in [0.5, 0.6) is 0 Å². The number of amides is 1. The fraction of sp³-hybridized carbons (Fsp3) is 0.250. The third-order valence-electron chi connectivity index (χ3n) is 3.97. The highest BCUT2D eigenvalue weighted by Crippen LogP contribution is 2.29. The molecule has 0 bridgehead atoms. The lowest BCUT2D eigenvalue weighted by molar-refractivity contribution is -0.120. The van der Waals surface area contributed by atoms with Gasteiger partial charge in [-0.2, -0.15) is 0 Å². The highest BCUT2D eigenvalue weighted by Gasteiger charge is 2.16. The van der Waals surface area contributed by atoms with Gasteiger partial charge in [-0.15, -0.1) is 10.2 Å². The topological polar surface area (TPSA) is 66.9 Å². The third kappa shape index (κ3) is 6.31. The molecule has 2 N–H and O–H groups in total. The number of aromatic nitrogens is 2. The Kier molecular flexibility index (Phi) is 7.39. The third-order valence-corrected chi connectivity index (χ3v) is 6.03. The number of thioether (sulfide) groups is 1. The number of nitrogens with zero attached hydrogens (tertiary/aromatic N) is 2. The van der Waals surface area contributed by atoms with Gasteiger partial charge in [0.2, 0.25) is 11.0 Å². The maximum atomic E-state index is 12.9. The van der Waals surface area contributed by atoms with Crippen LogP contribution in [0.4, 0.5) is 9.52 Å². The van der Waals surface area contributed by atoms with Crippen molar-refractivity contribution >= 4 is 34.1 Å². The predicted molar refractivity (Wildman–Crippen MR) is 112 cm³/mol. The van der Waals surface area contributed by atoms with Crippen molar-refractivity contribution in [3.8, 4) is 0 Å². The molecule has 3 rings (SSSR count). The molecule has 0 saturated carbocycles. The van der Waals surface area contributed by atoms with Crippen LogP contribution in [0.2, 0.25) is 0 Å². The van der Waals surface area contributed by atoms with Gasteiger partial charge in [0.15, 0.2) is 4.34 Å². The summed E-state index contributed by atoms with van der Waals surface area (Å²) in [5, 5.41) is 14.9. The number of halogens is 1. The second-order valence-electron chi connectivity index (χ2n) is 6.14. The van der Waals surface area contributed by atoms with Crippen molar-refractivity contribution in [1.29, 1.82) is 0 Å². The summed E-state index contributed by atoms with van der Waals surface area (Å²) in [6.07, 6.45) is 0.662. The number of benzene rings is 2. The molecule has 0 aliphatic carbocycles. The van der Waals surface area contributed by atoms with Gasteiger partial charge < -0.3 is 10.6 Å². The molecular formula is C20H21FN4OS2. The Hall–Kier alpha value is -2.45. The van der Waals surface area contributed by atoms with E-state index in [4.69, 9.17) is 0 Å². The Morgan fingerprint density at radius 2 is 1.86 bits per heavy atom. The van der Waals surface area contributed by atoms with Gasteiger partial charge in [-0.3, -0.25) is 4.79 Å². The van der Waals surface area contributed by atoms with Crippen LogP contribution in [0.1, 0.15) is 18.1 Å². The summed E-state index contributed by atoms with van der Waals surface area (Å²) in [4.78, 5) is 12.3. The molecule has 0 unspecified atom stereocenters. The average Bonchev–Trinajstić information content (AvgIpc) is 3.16. The number of hydrogen-bond donors (Lipinski definition) is 2. The summed E-state index contributed by atoms with van der Waals surface area (Å²) in [6, 6.07) is 16.4. The number of rotatable bonds is 9. The van der Waals surface area contributed by atoms with E-state index in [0.717, 1.165) is 15.0 Å². The minimum atomic E-state index is -0.275. The molecule has 0 saturated heterocycles. The Labute approximate surface area is 171 Å². The molecule has 0 fully saturated rings. The van der Waals surface area contributed by atoms with Crippen molar-refractivity contribution in [3.05, 3.63) is 71.5 Å². The zero-order chi connectivity index (χ0) is 19.8. The van der Waals surface area contributed by atoms with Crippen LogP contribution < -0.4 is 10.6 Å². The number of hydrogen-bond acceptors (Lipinski definition) is 6. The molecule has 5 nitrogen and oxygen atoms in total. The van der Waals surface area contributed by atoms with Crippen LogP contribution in [0.15, 0.2) is 58.9 Å². The van der Waals surface area contributed by atoms with Crippen molar-refractivity contribution in [2.45, 2.75) is 29.5 Å². The zero-order valence-corrected chi connectivity index (χ0v) is 17.0. The molecule has 0 spiro atoms. The molecule has 2 aromatic carbocycles. The second-order valence-corrected chi connectivity index (χ2v) is 8.71. The molecule has 0 aliphatic rings. The van der Waals surface area contributed by atoms with E-state index in [-0.39, 0.29) is 17.0 Å². The highest BCUT2D eigenvalue weighted by molar-refractivity contribution is 8.02. The lowest BCUT2D eigenvalue weighted by Gasteiger charge is -2.10. The van der Waals surface area contributed by atoms with E-state index in [1.165, 1.54) is 40.8 Å². The van der Waals surface area contributed by atoms with Gasteiger partial charge in [-0.25, -0.2) is 4.39 Å². The highest BCUT2D eigenvalue weighted by atomic mass is 32.2. The fourth-order valence-corrected chi connectivity index (χ4v) is 4.35. The van der Waals surface area contributed by atoms with Gasteiger partial charge in [-0.05, 0) is 36.6 Å². The van der Waals surface area contributed by atoms with Crippen molar-refractivity contribution < 1.29 is 9.18 Å². The summed E-state index contributed by atoms with van der Waals surface area (Å²) in [5.74, 6) is -0.311. The van der Waals surface area contributed by atoms with E-state index >= 15 is 0 Å². The fourth-order valence-electron chi connectivity index (χ4n) is 2.43. The number of carbonyl (C=O) groups is 1. The van der Waals surface area contributed by atoms with E-state index < -0.39 is 0 Å². The summed E-state index contributed by atoms with van der Waals surface area (Å²) in [6.45, 7) is 3.03. The van der Waals surface area contributed by atoms with Crippen LogP contribution in [-0.2, 0) is 17.8 Å². The van der Waals surface area contributed by atoms with E-state index in [9.17, 15) is 9.18 Å². The average molecular weight is 417 g/mol. The Morgan fingerprint density at radius 1 is 1.11 bits per heavy atom. The minimum Gasteiger partial charge on any atom is -0.356 e. The number of anilines is 1. The summed E-state index contributed by atoms with van der Waals surface area (Å²) < 4.78 is 13.6. The lowest BCUT2D eigenvalue weighted by atomic mass is 10.1. The summed E-state index contributed by atoms with van der Waals surface area (Å²) >= 11 is 2.82. The van der Waals surface area contributed by atoms with Crippen LogP contribution in [0.25, 0.3) is 0 Å². The monoisotopic (exact) mass is 416 g/mol. The van der Waals surface area contributed by atoms with E-state index in [0.29, 0.717) is 19.5 Å². The Balaban J connectivity index is 1.41. The first-order valence-electron chi connectivity index (χ1n) is 8.90. The normalized spacial score (nSPS) is 11.8. The van der Waals surface area contributed by atoms with Crippen LogP contribution in [0.3, 0.4) is 0 Å². The molecular weight excluding hydrogens is 395 g/mol. The van der Waals surface area contributed by atoms with Gasteiger partial charge in [0.25, 0.3) is 0 Å². The van der Waals surface area contributed by atoms with Crippen molar-refractivity contribution in [3.63, 3.8) is 0 Å². The maximum Gasteiger partial charge on any atom is 0.233 e. The molecule has 3 aromatic rings. The molecule has 0 aliphatic heterocycles. The Bertz CT molecular complexity index is 887. The quantitative estimate of drug-likeness (QED) is 0.514. The molecule has 1 aromatic heterocycles. The second kappa shape index (κ2) is 10.2. The molecule has 1 atom stereocenters. The molecule has 1 amide bonds. The first-order chi connectivity index (χ1) is 13.6. The Morgan fingerprint density at radius 3 is 2.61 bits per heavy atom. The molecule has 28 heavy (non-hydrogen) atoms. The maximum absolute atomic E-state index is 12.9. The van der Waals surface area contributed by atoms with Crippen molar-refractivity contribution in [2.75, 3.05) is 11.9 Å². The molecule has 8 heteroatoms. The van der Waals surface area contributed by atoms with E-state index in [2.05, 4.69) is 20.8 Å². The van der Waals surface area contributed by atoms with Crippen molar-refractivity contribution in [1.82, 2.24) is 15.5 Å². The summed E-state index contributed by atoms with van der Waals surface area (Å²) in [5.41, 5.74) is 2.15. The number of carbonyl (C=O) groups excluding carboxylic acids is 1. The van der Waals surface area contributed by atoms with Gasteiger partial charge >= 0.3 is 0 Å². The SMILES string of the molecule is C[C@@H](Sc1nnc(NCc2ccccc2)s1)C(=O)NCCc1ccc(F)cc1. The largest absolute Gasteiger partial charge is 0.356 e. The molecule has 1 heterocycles. The predicted octanol–water partition coefficient (Wildman–Crippen LogP) is 4.13. The first-order valence-corrected chi connectivity index (χ1v) is 10.6. The van der Waals surface area contributed by atoms with E-state index in [1.54, 1.807) is 12.1 Å². The lowest BCUT2D eigenvalue weighted by Crippen LogP contribution is -2.32. The van der Waals surface area contributed by atoms with Crippen molar-refractivity contribution in [2.24, 2.45) is 0 Å². The zero-order valence-electron chi connectivity index (χ0n) is 15.4. The van der Waals surface area contributed by atoms with Gasteiger partial charge in [0, 0.05) is 13.1 Å². The van der Waals surface area contributed by atoms with Gasteiger partial charge in [-0.1, -0.05) is 65.6 Å². The molecule has 146 valence electrons. The van der Waals surface area contributed by atoms with E-state index in [1.807, 2.05) is 37.3 Å². The van der Waals surface area contributed by atoms with Crippen LogP contribution >= 0.6 is 23.1 Å². The van der Waals surface area contributed by atoms with Gasteiger partial charge in [0.05, 0.1) is 5.25 Å². The summed E-state index contributed by atoms with van der Waals surface area (Å²) in [7, 11) is 0. The van der Waals surface area contributed by atoms with Gasteiger partial charge in [0.1, 0.15) is 5.82 Å². The van der Waals surface area contributed by atoms with Crippen LogP contribution in [0, 0.1) is 5.82 Å². The molecule has 0 radical (unpaired) electrons. The first kappa shape index (κ1) is 20.3.